The maximum atomic E-state index is 13.5. The third-order valence-corrected chi connectivity index (χ3v) is 6.51. The predicted octanol–water partition coefficient (Wildman–Crippen LogP) is 2.66. The van der Waals surface area contributed by atoms with E-state index in [4.69, 9.17) is 0 Å². The molecule has 8 nitrogen and oxygen atoms in total. The monoisotopic (exact) mass is 406 g/mol. The molecule has 2 aliphatic rings. The van der Waals surface area contributed by atoms with Gasteiger partial charge in [0.1, 0.15) is 6.33 Å². The minimum Gasteiger partial charge on any atom is -0.336 e. The van der Waals surface area contributed by atoms with Crippen LogP contribution in [-0.4, -0.2) is 48.0 Å². The Kier molecular flexibility index (Phi) is 5.06. The second kappa shape index (κ2) is 8.01. The van der Waals surface area contributed by atoms with Crippen LogP contribution in [-0.2, 0) is 6.54 Å². The van der Waals surface area contributed by atoms with Crippen molar-refractivity contribution < 1.29 is 4.79 Å². The first-order valence-corrected chi connectivity index (χ1v) is 10.8. The summed E-state index contributed by atoms with van der Waals surface area (Å²) in [7, 11) is 0. The summed E-state index contributed by atoms with van der Waals surface area (Å²) in [4.78, 5) is 40.4. The van der Waals surface area contributed by atoms with Gasteiger partial charge in [0.25, 0.3) is 5.91 Å². The molecular formula is C22H26N6O2. The van der Waals surface area contributed by atoms with E-state index in [9.17, 15) is 9.59 Å². The van der Waals surface area contributed by atoms with Crippen molar-refractivity contribution in [2.24, 2.45) is 5.92 Å². The highest BCUT2D eigenvalue weighted by atomic mass is 16.2. The predicted molar refractivity (Wildman–Crippen MR) is 112 cm³/mol. The summed E-state index contributed by atoms with van der Waals surface area (Å²) in [6.45, 7) is 1.85. The Morgan fingerprint density at radius 1 is 1.10 bits per heavy atom. The number of likely N-dealkylation sites (tertiary alicyclic amines) is 1. The molecule has 0 unspecified atom stereocenters. The second-order valence-electron chi connectivity index (χ2n) is 8.43. The number of nitrogens with zero attached hydrogens (tertiary/aromatic N) is 6. The van der Waals surface area contributed by atoms with Crippen LogP contribution >= 0.6 is 0 Å². The fourth-order valence-electron chi connectivity index (χ4n) is 4.97. The molecule has 1 saturated carbocycles. The quantitative estimate of drug-likeness (QED) is 0.665. The lowest BCUT2D eigenvalue weighted by atomic mass is 9.89. The number of carbonyl (C=O) groups excluding carboxylic acids is 1. The summed E-state index contributed by atoms with van der Waals surface area (Å²) in [5, 5.41) is 0. The summed E-state index contributed by atoms with van der Waals surface area (Å²) in [5.74, 6) is 0.459. The van der Waals surface area contributed by atoms with E-state index in [0.717, 1.165) is 24.1 Å². The average Bonchev–Trinajstić information content (AvgIpc) is 3.38. The van der Waals surface area contributed by atoms with Crippen LogP contribution in [0.5, 0.6) is 0 Å². The van der Waals surface area contributed by atoms with E-state index < -0.39 is 0 Å². The number of rotatable bonds is 4. The van der Waals surface area contributed by atoms with Gasteiger partial charge < -0.3 is 4.90 Å². The molecule has 5 rings (SSSR count). The Hall–Kier alpha value is -3.03. The average molecular weight is 406 g/mol. The minimum absolute atomic E-state index is 0.00313. The van der Waals surface area contributed by atoms with E-state index in [1.165, 1.54) is 50.8 Å². The molecule has 8 heteroatoms. The zero-order valence-electron chi connectivity index (χ0n) is 17.0. The Balaban J connectivity index is 1.44. The van der Waals surface area contributed by atoms with Crippen molar-refractivity contribution >= 4 is 17.1 Å². The molecule has 30 heavy (non-hydrogen) atoms. The zero-order valence-corrected chi connectivity index (χ0v) is 17.0. The van der Waals surface area contributed by atoms with Crippen LogP contribution in [0.2, 0.25) is 0 Å². The molecule has 2 fully saturated rings. The summed E-state index contributed by atoms with van der Waals surface area (Å²) in [5.41, 5.74) is 2.09. The molecule has 0 radical (unpaired) electrons. The molecule has 4 heterocycles. The lowest BCUT2D eigenvalue weighted by Crippen LogP contribution is -2.33. The molecule has 0 N–H and O–H groups in total. The first-order chi connectivity index (χ1) is 14.7. The number of amides is 1. The standard InChI is InChI=1S/C22H26N6O2/c29-21(17-11-23-15-24-12-17)26-10-8-18(14-26)28-20-19(7-4-9-25-20)27(22(28)30)13-16-5-2-1-3-6-16/h4,7,9,11-12,15-16,18H,1-3,5-6,8,10,13-14H2/t18-/m1/s1. The van der Waals surface area contributed by atoms with Crippen LogP contribution in [0.3, 0.4) is 0 Å². The summed E-state index contributed by atoms with van der Waals surface area (Å²) >= 11 is 0. The smallest absolute Gasteiger partial charge is 0.330 e. The fraction of sp³-hybridized carbons (Fsp3) is 0.500. The van der Waals surface area contributed by atoms with E-state index in [1.54, 1.807) is 11.1 Å². The summed E-state index contributed by atoms with van der Waals surface area (Å²) in [6.07, 6.45) is 13.1. The van der Waals surface area contributed by atoms with Gasteiger partial charge in [0.15, 0.2) is 5.65 Å². The van der Waals surface area contributed by atoms with Crippen LogP contribution in [0, 0.1) is 5.92 Å². The van der Waals surface area contributed by atoms with Crippen molar-refractivity contribution in [1.82, 2.24) is 29.0 Å². The van der Waals surface area contributed by atoms with Gasteiger partial charge in [-0.05, 0) is 37.3 Å². The molecule has 1 amide bonds. The van der Waals surface area contributed by atoms with Crippen LogP contribution in [0.4, 0.5) is 0 Å². The molecule has 1 saturated heterocycles. The number of hydrogen-bond acceptors (Lipinski definition) is 5. The lowest BCUT2D eigenvalue weighted by molar-refractivity contribution is 0.0786. The maximum absolute atomic E-state index is 13.5. The van der Waals surface area contributed by atoms with E-state index >= 15 is 0 Å². The molecule has 0 spiro atoms. The van der Waals surface area contributed by atoms with Crippen molar-refractivity contribution in [3.8, 4) is 0 Å². The number of pyridine rings is 1. The number of fused-ring (bicyclic) bond motifs is 1. The first kappa shape index (κ1) is 19.0. The van der Waals surface area contributed by atoms with Crippen molar-refractivity contribution in [2.45, 2.75) is 51.1 Å². The van der Waals surface area contributed by atoms with Crippen LogP contribution in [0.25, 0.3) is 11.2 Å². The maximum Gasteiger partial charge on any atom is 0.330 e. The first-order valence-electron chi connectivity index (χ1n) is 10.8. The van der Waals surface area contributed by atoms with Crippen LogP contribution in [0.1, 0.15) is 54.9 Å². The topological polar surface area (TPSA) is 85.9 Å². The third-order valence-electron chi connectivity index (χ3n) is 6.51. The van der Waals surface area contributed by atoms with E-state index in [2.05, 4.69) is 15.0 Å². The third kappa shape index (κ3) is 3.40. The zero-order chi connectivity index (χ0) is 20.5. The van der Waals surface area contributed by atoms with Gasteiger partial charge in [0.05, 0.1) is 17.1 Å². The fourth-order valence-corrected chi connectivity index (χ4v) is 4.97. The molecule has 0 bridgehead atoms. The van der Waals surface area contributed by atoms with Crippen LogP contribution < -0.4 is 5.69 Å². The molecular weight excluding hydrogens is 380 g/mol. The van der Waals surface area contributed by atoms with Gasteiger partial charge in [-0.3, -0.25) is 13.9 Å². The molecule has 0 aromatic carbocycles. The number of hydrogen-bond donors (Lipinski definition) is 0. The summed E-state index contributed by atoms with van der Waals surface area (Å²) in [6, 6.07) is 3.81. The van der Waals surface area contributed by atoms with Crippen molar-refractivity contribution in [1.29, 1.82) is 0 Å². The Morgan fingerprint density at radius 2 is 1.90 bits per heavy atom. The largest absolute Gasteiger partial charge is 0.336 e. The molecule has 1 atom stereocenters. The van der Waals surface area contributed by atoms with Gasteiger partial charge in [0, 0.05) is 38.2 Å². The Bertz CT molecular complexity index is 1100. The highest BCUT2D eigenvalue weighted by Crippen LogP contribution is 2.28. The van der Waals surface area contributed by atoms with Gasteiger partial charge >= 0.3 is 5.69 Å². The summed E-state index contributed by atoms with van der Waals surface area (Å²) < 4.78 is 3.72. The van der Waals surface area contributed by atoms with Gasteiger partial charge in [-0.25, -0.2) is 19.7 Å². The van der Waals surface area contributed by atoms with Gasteiger partial charge in [0.2, 0.25) is 0 Å². The number of carbonyl (C=O) groups is 1. The normalized spacial score (nSPS) is 20.1. The Labute approximate surface area is 174 Å². The van der Waals surface area contributed by atoms with E-state index in [-0.39, 0.29) is 17.6 Å². The molecule has 156 valence electrons. The van der Waals surface area contributed by atoms with Crippen molar-refractivity contribution in [2.75, 3.05) is 13.1 Å². The SMILES string of the molecule is O=C(c1cncnc1)N1CC[C@@H](n2c(=O)n(CC3CCCCC3)c3cccnc32)C1. The minimum atomic E-state index is -0.0925. The Morgan fingerprint density at radius 3 is 2.70 bits per heavy atom. The van der Waals surface area contributed by atoms with Crippen LogP contribution in [0.15, 0.2) is 41.8 Å². The van der Waals surface area contributed by atoms with Crippen molar-refractivity contribution in [3.63, 3.8) is 0 Å². The molecule has 1 aliphatic carbocycles. The van der Waals surface area contributed by atoms with E-state index in [1.807, 2.05) is 21.3 Å². The van der Waals surface area contributed by atoms with Crippen molar-refractivity contribution in [3.05, 3.63) is 53.1 Å². The number of imidazole rings is 1. The lowest BCUT2D eigenvalue weighted by Gasteiger charge is -2.21. The highest BCUT2D eigenvalue weighted by molar-refractivity contribution is 5.93. The van der Waals surface area contributed by atoms with Gasteiger partial charge in [-0.1, -0.05) is 19.3 Å². The number of aromatic nitrogens is 5. The molecule has 3 aromatic heterocycles. The highest BCUT2D eigenvalue weighted by Gasteiger charge is 2.32. The molecule has 1 aliphatic heterocycles. The molecule has 3 aromatic rings. The van der Waals surface area contributed by atoms with Gasteiger partial charge in [-0.2, -0.15) is 0 Å². The van der Waals surface area contributed by atoms with E-state index in [0.29, 0.717) is 24.6 Å². The second-order valence-corrected chi connectivity index (χ2v) is 8.43. The van der Waals surface area contributed by atoms with Gasteiger partial charge in [-0.15, -0.1) is 0 Å².